The minimum Gasteiger partial charge on any atom is -0.368 e. The van der Waals surface area contributed by atoms with E-state index in [0.29, 0.717) is 6.54 Å². The fraction of sp³-hybridized carbons (Fsp3) is 0.923. The van der Waals surface area contributed by atoms with E-state index in [2.05, 4.69) is 20.8 Å². The molecule has 1 atom stereocenters. The van der Waals surface area contributed by atoms with Crippen LogP contribution in [0.2, 0.25) is 0 Å². The maximum atomic E-state index is 12.3. The molecular formula is C13H26N2O2. The molecule has 4 heteroatoms. The van der Waals surface area contributed by atoms with E-state index in [9.17, 15) is 4.79 Å². The quantitative estimate of drug-likeness (QED) is 0.765. The van der Waals surface area contributed by atoms with Gasteiger partial charge in [0.15, 0.2) is 0 Å². The second kappa shape index (κ2) is 6.36. The van der Waals surface area contributed by atoms with Crippen LogP contribution in [0, 0.1) is 5.41 Å². The smallest absolute Gasteiger partial charge is 0.251 e. The van der Waals surface area contributed by atoms with Crippen molar-refractivity contribution in [3.05, 3.63) is 0 Å². The monoisotopic (exact) mass is 242 g/mol. The molecule has 0 saturated carbocycles. The van der Waals surface area contributed by atoms with Crippen molar-refractivity contribution < 1.29 is 9.53 Å². The molecule has 0 aliphatic carbocycles. The third-order valence-electron chi connectivity index (χ3n) is 3.18. The Bertz CT molecular complexity index is 248. The molecule has 0 aromatic carbocycles. The Morgan fingerprint density at radius 3 is 2.71 bits per heavy atom. The zero-order valence-corrected chi connectivity index (χ0v) is 11.4. The lowest BCUT2D eigenvalue weighted by Gasteiger charge is -2.33. The number of rotatable bonds is 6. The Hall–Kier alpha value is -0.610. The molecule has 0 aromatic heterocycles. The van der Waals surface area contributed by atoms with E-state index >= 15 is 0 Å². The van der Waals surface area contributed by atoms with Crippen LogP contribution in [0.4, 0.5) is 0 Å². The second-order valence-electron chi connectivity index (χ2n) is 5.63. The highest BCUT2D eigenvalue weighted by Crippen LogP contribution is 2.19. The molecule has 0 bridgehead atoms. The van der Waals surface area contributed by atoms with Crippen molar-refractivity contribution in [2.24, 2.45) is 11.1 Å². The standard InChI is InChI=1S/C13H26N2O2/c1-4-7-15(10-13(2,3)9-14)12(16)11-6-5-8-17-11/h11H,4-10,14H2,1-3H3/t11-/m1/s1. The normalized spacial score (nSPS) is 20.6. The molecule has 100 valence electrons. The second-order valence-corrected chi connectivity index (χ2v) is 5.63. The highest BCUT2D eigenvalue weighted by molar-refractivity contribution is 5.81. The maximum absolute atomic E-state index is 12.3. The number of nitrogens with two attached hydrogens (primary N) is 1. The Balaban J connectivity index is 2.60. The van der Waals surface area contributed by atoms with Crippen LogP contribution in [-0.4, -0.2) is 43.2 Å². The Morgan fingerprint density at radius 1 is 1.53 bits per heavy atom. The molecule has 1 rings (SSSR count). The third-order valence-corrected chi connectivity index (χ3v) is 3.18. The minimum absolute atomic E-state index is 0.0244. The Labute approximate surface area is 104 Å². The van der Waals surface area contributed by atoms with E-state index in [1.54, 1.807) is 0 Å². The molecule has 0 radical (unpaired) electrons. The lowest BCUT2D eigenvalue weighted by atomic mass is 9.92. The fourth-order valence-electron chi connectivity index (χ4n) is 2.09. The topological polar surface area (TPSA) is 55.6 Å². The number of hydrogen-bond acceptors (Lipinski definition) is 3. The molecule has 0 unspecified atom stereocenters. The molecule has 1 aliphatic rings. The number of carbonyl (C=O) groups is 1. The van der Waals surface area contributed by atoms with Gasteiger partial charge in [-0.1, -0.05) is 20.8 Å². The fourth-order valence-corrected chi connectivity index (χ4v) is 2.09. The summed E-state index contributed by atoms with van der Waals surface area (Å²) >= 11 is 0. The molecule has 0 spiro atoms. The van der Waals surface area contributed by atoms with E-state index < -0.39 is 0 Å². The molecule has 1 amide bonds. The van der Waals surface area contributed by atoms with Crippen LogP contribution >= 0.6 is 0 Å². The van der Waals surface area contributed by atoms with Gasteiger partial charge >= 0.3 is 0 Å². The summed E-state index contributed by atoms with van der Waals surface area (Å²) in [6.45, 7) is 9.10. The molecule has 1 heterocycles. The van der Waals surface area contributed by atoms with Gasteiger partial charge in [-0.3, -0.25) is 4.79 Å². The van der Waals surface area contributed by atoms with Gasteiger partial charge in [-0.15, -0.1) is 0 Å². The van der Waals surface area contributed by atoms with Gasteiger partial charge < -0.3 is 15.4 Å². The molecular weight excluding hydrogens is 216 g/mol. The van der Waals surface area contributed by atoms with Crippen molar-refractivity contribution in [1.82, 2.24) is 4.90 Å². The highest BCUT2D eigenvalue weighted by atomic mass is 16.5. The van der Waals surface area contributed by atoms with Crippen LogP contribution in [0.3, 0.4) is 0 Å². The highest BCUT2D eigenvalue weighted by Gasteiger charge is 2.30. The first kappa shape index (κ1) is 14.5. The van der Waals surface area contributed by atoms with Crippen LogP contribution in [0.25, 0.3) is 0 Å². The molecule has 1 aliphatic heterocycles. The van der Waals surface area contributed by atoms with Crippen molar-refractivity contribution in [1.29, 1.82) is 0 Å². The van der Waals surface area contributed by atoms with Gasteiger partial charge in [0.25, 0.3) is 5.91 Å². The summed E-state index contributed by atoms with van der Waals surface area (Å²) in [7, 11) is 0. The summed E-state index contributed by atoms with van der Waals surface area (Å²) in [6, 6.07) is 0. The number of nitrogens with zero attached hydrogens (tertiary/aromatic N) is 1. The zero-order valence-electron chi connectivity index (χ0n) is 11.4. The molecule has 1 fully saturated rings. The van der Waals surface area contributed by atoms with E-state index in [-0.39, 0.29) is 17.4 Å². The van der Waals surface area contributed by atoms with E-state index in [1.165, 1.54) is 0 Å². The minimum atomic E-state index is -0.213. The van der Waals surface area contributed by atoms with Crippen molar-refractivity contribution in [2.45, 2.75) is 46.1 Å². The zero-order chi connectivity index (χ0) is 12.9. The molecule has 2 N–H and O–H groups in total. The van der Waals surface area contributed by atoms with Gasteiger partial charge in [-0.05, 0) is 31.2 Å². The largest absolute Gasteiger partial charge is 0.368 e. The Kier molecular flexibility index (Phi) is 5.40. The average molecular weight is 242 g/mol. The molecule has 4 nitrogen and oxygen atoms in total. The average Bonchev–Trinajstić information content (AvgIpc) is 2.81. The predicted octanol–water partition coefficient (Wildman–Crippen LogP) is 1.39. The first-order chi connectivity index (χ1) is 8.00. The molecule has 17 heavy (non-hydrogen) atoms. The van der Waals surface area contributed by atoms with Gasteiger partial charge in [-0.25, -0.2) is 0 Å². The number of ether oxygens (including phenoxy) is 1. The SMILES string of the molecule is CCCN(CC(C)(C)CN)C(=O)[C@H]1CCCO1. The molecule has 1 saturated heterocycles. The van der Waals surface area contributed by atoms with Crippen LogP contribution < -0.4 is 5.73 Å². The lowest BCUT2D eigenvalue weighted by molar-refractivity contribution is -0.142. The van der Waals surface area contributed by atoms with Crippen molar-refractivity contribution in [3.8, 4) is 0 Å². The van der Waals surface area contributed by atoms with Crippen LogP contribution in [-0.2, 0) is 9.53 Å². The predicted molar refractivity (Wildman–Crippen MR) is 68.7 cm³/mol. The van der Waals surface area contributed by atoms with Crippen LogP contribution in [0.15, 0.2) is 0 Å². The van der Waals surface area contributed by atoms with Gasteiger partial charge in [0, 0.05) is 19.7 Å². The Morgan fingerprint density at radius 2 is 2.24 bits per heavy atom. The van der Waals surface area contributed by atoms with Crippen molar-refractivity contribution in [2.75, 3.05) is 26.2 Å². The number of amides is 1. The van der Waals surface area contributed by atoms with Gasteiger partial charge in [0.2, 0.25) is 0 Å². The lowest BCUT2D eigenvalue weighted by Crippen LogP contribution is -2.46. The summed E-state index contributed by atoms with van der Waals surface area (Å²) in [6.07, 6.45) is 2.62. The molecule has 0 aromatic rings. The number of carbonyl (C=O) groups excluding carboxylic acids is 1. The van der Waals surface area contributed by atoms with Crippen molar-refractivity contribution in [3.63, 3.8) is 0 Å². The van der Waals surface area contributed by atoms with E-state index in [4.69, 9.17) is 10.5 Å². The van der Waals surface area contributed by atoms with E-state index in [0.717, 1.165) is 39.0 Å². The van der Waals surface area contributed by atoms with Gasteiger partial charge in [0.05, 0.1) is 0 Å². The summed E-state index contributed by atoms with van der Waals surface area (Å²) in [5.41, 5.74) is 5.71. The van der Waals surface area contributed by atoms with E-state index in [1.807, 2.05) is 4.90 Å². The summed E-state index contributed by atoms with van der Waals surface area (Å²) in [5.74, 6) is 0.144. The van der Waals surface area contributed by atoms with Crippen LogP contribution in [0.1, 0.15) is 40.0 Å². The summed E-state index contributed by atoms with van der Waals surface area (Å²) in [5, 5.41) is 0. The maximum Gasteiger partial charge on any atom is 0.251 e. The van der Waals surface area contributed by atoms with Gasteiger partial charge in [0.1, 0.15) is 6.10 Å². The third kappa shape index (κ3) is 4.28. The van der Waals surface area contributed by atoms with Crippen LogP contribution in [0.5, 0.6) is 0 Å². The first-order valence-electron chi connectivity index (χ1n) is 6.60. The first-order valence-corrected chi connectivity index (χ1v) is 6.60. The van der Waals surface area contributed by atoms with Crippen molar-refractivity contribution >= 4 is 5.91 Å². The van der Waals surface area contributed by atoms with Gasteiger partial charge in [-0.2, -0.15) is 0 Å². The summed E-state index contributed by atoms with van der Waals surface area (Å²) < 4.78 is 5.47. The summed E-state index contributed by atoms with van der Waals surface area (Å²) in [4.78, 5) is 14.2. The number of hydrogen-bond donors (Lipinski definition) is 1.